The fourth-order valence-electron chi connectivity index (χ4n) is 3.46. The molecule has 1 amide bonds. The predicted octanol–water partition coefficient (Wildman–Crippen LogP) is 3.63. The molecular weight excluding hydrogens is 397 g/mol. The number of Topliss-reactive ketones (excluding diaryl/α,β-unsaturated/α-hetero) is 1. The van der Waals surface area contributed by atoms with Gasteiger partial charge in [0.25, 0.3) is 0 Å². The Morgan fingerprint density at radius 2 is 1.93 bits per heavy atom. The second-order valence-corrected chi connectivity index (χ2v) is 6.64. The molecular formula is C20H16F5NO3. The number of benzene rings is 2. The summed E-state index contributed by atoms with van der Waals surface area (Å²) in [5.74, 6) is -5.77. The fraction of sp³-hybridized carbons (Fsp3) is 0.300. The number of hydrogen-bond donors (Lipinski definition) is 1. The van der Waals surface area contributed by atoms with E-state index in [1.807, 2.05) is 0 Å². The third kappa shape index (κ3) is 4.08. The number of halogens is 5. The topological polar surface area (TPSA) is 55.4 Å². The molecule has 3 rings (SSSR count). The third-order valence-corrected chi connectivity index (χ3v) is 4.88. The maximum absolute atomic E-state index is 13.9. The molecule has 0 spiro atoms. The van der Waals surface area contributed by atoms with Gasteiger partial charge in [0.05, 0.1) is 12.7 Å². The van der Waals surface area contributed by atoms with Crippen molar-refractivity contribution in [3.8, 4) is 5.75 Å². The number of hydrogen-bond acceptors (Lipinski definition) is 3. The van der Waals surface area contributed by atoms with E-state index in [-0.39, 0.29) is 23.4 Å². The van der Waals surface area contributed by atoms with Gasteiger partial charge in [-0.15, -0.1) is 0 Å². The molecule has 29 heavy (non-hydrogen) atoms. The zero-order valence-electron chi connectivity index (χ0n) is 15.1. The summed E-state index contributed by atoms with van der Waals surface area (Å²) in [4.78, 5) is 25.0. The lowest BCUT2D eigenvalue weighted by molar-refractivity contribution is -0.138. The summed E-state index contributed by atoms with van der Waals surface area (Å²) >= 11 is 0. The van der Waals surface area contributed by atoms with Crippen LogP contribution >= 0.6 is 0 Å². The van der Waals surface area contributed by atoms with E-state index in [1.54, 1.807) is 0 Å². The molecule has 2 aromatic carbocycles. The standard InChI is InChI=1S/C20H16F5NO3/c1-29-16-8-11(20(23,24)25)5-6-12(16)13-9-26-19(28)17(13)15(27)7-10-3-2-4-14(21)18(10)22/h2-6,8,13,17H,7,9H2,1H3,(H,26,28)/t13-,17+/m1/s1. The third-order valence-electron chi connectivity index (χ3n) is 4.88. The van der Waals surface area contributed by atoms with Crippen LogP contribution in [0.1, 0.15) is 22.6 Å². The molecule has 1 aliphatic rings. The summed E-state index contributed by atoms with van der Waals surface area (Å²) in [6.07, 6.45) is -5.11. The van der Waals surface area contributed by atoms with E-state index < -0.39 is 53.3 Å². The van der Waals surface area contributed by atoms with Crippen molar-refractivity contribution in [3.63, 3.8) is 0 Å². The number of carbonyl (C=O) groups is 2. The van der Waals surface area contributed by atoms with E-state index in [2.05, 4.69) is 5.32 Å². The first-order valence-corrected chi connectivity index (χ1v) is 8.62. The van der Waals surface area contributed by atoms with Crippen molar-refractivity contribution in [1.29, 1.82) is 0 Å². The minimum atomic E-state index is -4.58. The molecule has 2 atom stereocenters. The average Bonchev–Trinajstić information content (AvgIpc) is 3.05. The van der Waals surface area contributed by atoms with Crippen molar-refractivity contribution in [3.05, 3.63) is 64.7 Å². The van der Waals surface area contributed by atoms with Gasteiger partial charge in [0.15, 0.2) is 11.6 Å². The van der Waals surface area contributed by atoms with E-state index in [0.717, 1.165) is 24.3 Å². The molecule has 4 nitrogen and oxygen atoms in total. The smallest absolute Gasteiger partial charge is 0.416 e. The average molecular weight is 413 g/mol. The largest absolute Gasteiger partial charge is 0.496 e. The maximum Gasteiger partial charge on any atom is 0.416 e. The van der Waals surface area contributed by atoms with Crippen LogP contribution < -0.4 is 10.1 Å². The van der Waals surface area contributed by atoms with E-state index in [0.29, 0.717) is 0 Å². The lowest BCUT2D eigenvalue weighted by Crippen LogP contribution is -2.29. The molecule has 1 N–H and O–H groups in total. The zero-order valence-corrected chi connectivity index (χ0v) is 15.1. The fourth-order valence-corrected chi connectivity index (χ4v) is 3.46. The normalized spacial score (nSPS) is 19.2. The Hall–Kier alpha value is -2.97. The van der Waals surface area contributed by atoms with Crippen LogP contribution in [0.3, 0.4) is 0 Å². The molecule has 0 aromatic heterocycles. The lowest BCUT2D eigenvalue weighted by Gasteiger charge is -2.20. The minimum absolute atomic E-state index is 0.00258. The molecule has 0 unspecified atom stereocenters. The SMILES string of the molecule is COc1cc(C(F)(F)F)ccc1[C@H]1CNC(=O)[C@@H]1C(=O)Cc1cccc(F)c1F. The number of alkyl halides is 3. The van der Waals surface area contributed by atoms with Gasteiger partial charge < -0.3 is 10.1 Å². The molecule has 1 aliphatic heterocycles. The summed E-state index contributed by atoms with van der Waals surface area (Å²) in [6.45, 7) is 0.00258. The highest BCUT2D eigenvalue weighted by atomic mass is 19.4. The van der Waals surface area contributed by atoms with E-state index in [4.69, 9.17) is 4.74 Å². The molecule has 9 heteroatoms. The highest BCUT2D eigenvalue weighted by molar-refractivity contribution is 6.04. The van der Waals surface area contributed by atoms with Crippen LogP contribution in [0.2, 0.25) is 0 Å². The van der Waals surface area contributed by atoms with Crippen molar-refractivity contribution in [2.45, 2.75) is 18.5 Å². The molecule has 1 fully saturated rings. The quantitative estimate of drug-likeness (QED) is 0.602. The van der Waals surface area contributed by atoms with Gasteiger partial charge in [-0.05, 0) is 23.8 Å². The number of methoxy groups -OCH3 is 1. The van der Waals surface area contributed by atoms with Crippen LogP contribution in [-0.4, -0.2) is 25.3 Å². The molecule has 1 saturated heterocycles. The summed E-state index contributed by atoms with van der Waals surface area (Å²) in [5.41, 5.74) is -0.884. The lowest BCUT2D eigenvalue weighted by atomic mass is 9.83. The number of amides is 1. The molecule has 0 bridgehead atoms. The van der Waals surface area contributed by atoms with E-state index >= 15 is 0 Å². The van der Waals surface area contributed by atoms with Gasteiger partial charge in [-0.1, -0.05) is 18.2 Å². The second kappa shape index (κ2) is 7.81. The molecule has 0 aliphatic carbocycles. The Labute approximate surface area is 162 Å². The Balaban J connectivity index is 1.93. The van der Waals surface area contributed by atoms with Crippen molar-refractivity contribution in [1.82, 2.24) is 5.32 Å². The Morgan fingerprint density at radius 3 is 2.59 bits per heavy atom. The summed E-state index contributed by atoms with van der Waals surface area (Å²) in [6, 6.07) is 6.18. The van der Waals surface area contributed by atoms with Gasteiger partial charge >= 0.3 is 6.18 Å². The molecule has 154 valence electrons. The number of carbonyl (C=O) groups excluding carboxylic acids is 2. The summed E-state index contributed by atoms with van der Waals surface area (Å²) < 4.78 is 71.2. The first-order chi connectivity index (χ1) is 13.6. The van der Waals surface area contributed by atoms with E-state index in [1.165, 1.54) is 19.2 Å². The zero-order chi connectivity index (χ0) is 21.3. The van der Waals surface area contributed by atoms with Crippen LogP contribution in [0.4, 0.5) is 22.0 Å². The van der Waals surface area contributed by atoms with Crippen LogP contribution in [0.15, 0.2) is 36.4 Å². The Bertz CT molecular complexity index is 958. The first-order valence-electron chi connectivity index (χ1n) is 8.62. The van der Waals surface area contributed by atoms with Crippen molar-refractivity contribution in [2.75, 3.05) is 13.7 Å². The highest BCUT2D eigenvalue weighted by Gasteiger charge is 2.42. The molecule has 2 aromatic rings. The molecule has 0 saturated carbocycles. The van der Waals surface area contributed by atoms with Gasteiger partial charge in [0.1, 0.15) is 17.5 Å². The van der Waals surface area contributed by atoms with Crippen LogP contribution in [0.5, 0.6) is 5.75 Å². The van der Waals surface area contributed by atoms with Crippen LogP contribution in [0, 0.1) is 17.6 Å². The number of nitrogens with one attached hydrogen (secondary N) is 1. The highest BCUT2D eigenvalue weighted by Crippen LogP contribution is 2.39. The molecule has 1 heterocycles. The minimum Gasteiger partial charge on any atom is -0.496 e. The van der Waals surface area contributed by atoms with Crippen molar-refractivity contribution in [2.24, 2.45) is 5.92 Å². The number of rotatable bonds is 5. The van der Waals surface area contributed by atoms with Gasteiger partial charge in [-0.2, -0.15) is 13.2 Å². The first kappa shape index (κ1) is 20.8. The van der Waals surface area contributed by atoms with Crippen molar-refractivity contribution >= 4 is 11.7 Å². The summed E-state index contributed by atoms with van der Waals surface area (Å²) in [5, 5.41) is 2.50. The van der Waals surface area contributed by atoms with E-state index in [9.17, 15) is 31.5 Å². The van der Waals surface area contributed by atoms with Gasteiger partial charge in [-0.3, -0.25) is 9.59 Å². The number of ketones is 1. The van der Waals surface area contributed by atoms with Crippen LogP contribution in [-0.2, 0) is 22.2 Å². The Kier molecular flexibility index (Phi) is 5.59. The van der Waals surface area contributed by atoms with Gasteiger partial charge in [0.2, 0.25) is 5.91 Å². The monoisotopic (exact) mass is 413 g/mol. The van der Waals surface area contributed by atoms with Crippen molar-refractivity contribution < 1.29 is 36.3 Å². The van der Waals surface area contributed by atoms with Gasteiger partial charge in [-0.25, -0.2) is 8.78 Å². The van der Waals surface area contributed by atoms with Crippen LogP contribution in [0.25, 0.3) is 0 Å². The molecule has 0 radical (unpaired) electrons. The Morgan fingerprint density at radius 1 is 1.21 bits per heavy atom. The predicted molar refractivity (Wildman–Crippen MR) is 92.3 cm³/mol. The second-order valence-electron chi connectivity index (χ2n) is 6.64. The van der Waals surface area contributed by atoms with Gasteiger partial charge in [0, 0.05) is 24.4 Å². The number of ether oxygens (including phenoxy) is 1. The summed E-state index contributed by atoms with van der Waals surface area (Å²) in [7, 11) is 1.18. The maximum atomic E-state index is 13.9.